The molecule has 0 spiro atoms. The molecule has 0 aromatic heterocycles. The Morgan fingerprint density at radius 1 is 1.20 bits per heavy atom. The molecule has 2 nitrogen and oxygen atoms in total. The van der Waals surface area contributed by atoms with Crippen LogP contribution in [0.2, 0.25) is 0 Å². The molecule has 0 saturated heterocycles. The van der Waals surface area contributed by atoms with Crippen molar-refractivity contribution in [2.45, 2.75) is 13.8 Å². The summed E-state index contributed by atoms with van der Waals surface area (Å²) >= 11 is 0. The number of rotatable bonds is 1. The quantitative estimate of drug-likeness (QED) is 0.699. The van der Waals surface area contributed by atoms with Crippen molar-refractivity contribution in [3.63, 3.8) is 0 Å². The average molecular weight is 199 g/mol. The molecule has 0 bridgehead atoms. The van der Waals surface area contributed by atoms with E-state index in [4.69, 9.17) is 0 Å². The van der Waals surface area contributed by atoms with E-state index in [-0.39, 0.29) is 5.75 Å². The molecule has 2 heteroatoms. The standard InChI is InChI=1S/C13H13NO/c1-3-14-13-9(2)7-8-10-5-4-6-11(15)12(10)13/h3-8,15H,1-2H3. The third-order valence-corrected chi connectivity index (χ3v) is 2.46. The lowest BCUT2D eigenvalue weighted by molar-refractivity contribution is 0.482. The third kappa shape index (κ3) is 1.59. The normalized spacial score (nSPS) is 11.3. The van der Waals surface area contributed by atoms with Crippen LogP contribution in [-0.2, 0) is 0 Å². The molecule has 1 N–H and O–H groups in total. The van der Waals surface area contributed by atoms with Gasteiger partial charge in [0.1, 0.15) is 5.75 Å². The monoisotopic (exact) mass is 199 g/mol. The summed E-state index contributed by atoms with van der Waals surface area (Å²) in [5, 5.41) is 11.7. The van der Waals surface area contributed by atoms with Crippen LogP contribution in [0.1, 0.15) is 12.5 Å². The maximum Gasteiger partial charge on any atom is 0.125 e. The highest BCUT2D eigenvalue weighted by molar-refractivity contribution is 5.99. The van der Waals surface area contributed by atoms with E-state index in [1.54, 1.807) is 12.3 Å². The first kappa shape index (κ1) is 9.71. The molecule has 0 aliphatic carbocycles. The molecule has 76 valence electrons. The summed E-state index contributed by atoms with van der Waals surface area (Å²) in [5.41, 5.74) is 1.93. The smallest absolute Gasteiger partial charge is 0.125 e. The number of phenolic OH excluding ortho intramolecular Hbond substituents is 1. The van der Waals surface area contributed by atoms with Gasteiger partial charge >= 0.3 is 0 Å². The second-order valence-corrected chi connectivity index (χ2v) is 3.49. The number of nitrogens with zero attached hydrogens (tertiary/aromatic N) is 1. The van der Waals surface area contributed by atoms with Crippen LogP contribution in [0, 0.1) is 6.92 Å². The van der Waals surface area contributed by atoms with Crippen LogP contribution < -0.4 is 0 Å². The Labute approximate surface area is 88.9 Å². The Morgan fingerprint density at radius 2 is 2.00 bits per heavy atom. The summed E-state index contributed by atoms with van der Waals surface area (Å²) < 4.78 is 0. The predicted molar refractivity (Wildman–Crippen MR) is 64.2 cm³/mol. The van der Waals surface area contributed by atoms with Gasteiger partial charge in [-0.05, 0) is 30.9 Å². The SMILES string of the molecule is CC=Nc1c(C)ccc2cccc(O)c12. The van der Waals surface area contributed by atoms with E-state index in [0.29, 0.717) is 0 Å². The van der Waals surface area contributed by atoms with Gasteiger partial charge < -0.3 is 5.11 Å². The number of benzene rings is 2. The van der Waals surface area contributed by atoms with Gasteiger partial charge in [-0.3, -0.25) is 4.99 Å². The van der Waals surface area contributed by atoms with Gasteiger partial charge in [0.2, 0.25) is 0 Å². The van der Waals surface area contributed by atoms with Crippen molar-refractivity contribution >= 4 is 22.7 Å². The lowest BCUT2D eigenvalue weighted by atomic mass is 10.0. The van der Waals surface area contributed by atoms with Crippen molar-refractivity contribution in [3.8, 4) is 5.75 Å². The number of aromatic hydroxyl groups is 1. The number of hydrogen-bond donors (Lipinski definition) is 1. The van der Waals surface area contributed by atoms with Crippen LogP contribution in [0.25, 0.3) is 10.8 Å². The largest absolute Gasteiger partial charge is 0.507 e. The molecule has 0 unspecified atom stereocenters. The summed E-state index contributed by atoms with van der Waals surface area (Å²) in [5.74, 6) is 0.289. The van der Waals surface area contributed by atoms with E-state index in [9.17, 15) is 5.11 Å². The van der Waals surface area contributed by atoms with Crippen LogP contribution in [0.4, 0.5) is 5.69 Å². The number of aliphatic imine (C=N–C) groups is 1. The maximum atomic E-state index is 9.83. The lowest BCUT2D eigenvalue weighted by Gasteiger charge is -2.07. The third-order valence-electron chi connectivity index (χ3n) is 2.46. The first-order valence-corrected chi connectivity index (χ1v) is 4.94. The maximum absolute atomic E-state index is 9.83. The van der Waals surface area contributed by atoms with Gasteiger partial charge in [-0.15, -0.1) is 0 Å². The minimum Gasteiger partial charge on any atom is -0.507 e. The molecule has 0 heterocycles. The summed E-state index contributed by atoms with van der Waals surface area (Å²) in [6.45, 7) is 3.87. The Kier molecular flexibility index (Phi) is 2.42. The molecule has 2 rings (SSSR count). The molecule has 0 fully saturated rings. The number of fused-ring (bicyclic) bond motifs is 1. The molecule has 15 heavy (non-hydrogen) atoms. The molecular formula is C13H13NO. The fraction of sp³-hybridized carbons (Fsp3) is 0.154. The summed E-state index contributed by atoms with van der Waals surface area (Å²) in [6, 6.07) is 9.52. The van der Waals surface area contributed by atoms with Crippen LogP contribution in [0.15, 0.2) is 35.3 Å². The molecular weight excluding hydrogens is 186 g/mol. The molecule has 0 atom stereocenters. The molecule has 0 aliphatic rings. The zero-order chi connectivity index (χ0) is 10.8. The Morgan fingerprint density at radius 3 is 2.73 bits per heavy atom. The van der Waals surface area contributed by atoms with Gasteiger partial charge in [0.05, 0.1) is 5.69 Å². The van der Waals surface area contributed by atoms with Crippen LogP contribution in [-0.4, -0.2) is 11.3 Å². The molecule has 0 radical (unpaired) electrons. The van der Waals surface area contributed by atoms with E-state index in [2.05, 4.69) is 4.99 Å². The molecule has 0 amide bonds. The first-order valence-electron chi connectivity index (χ1n) is 4.94. The number of hydrogen-bond acceptors (Lipinski definition) is 2. The second-order valence-electron chi connectivity index (χ2n) is 3.49. The summed E-state index contributed by atoms with van der Waals surface area (Å²) in [4.78, 5) is 4.31. The van der Waals surface area contributed by atoms with E-state index in [1.165, 1.54) is 0 Å². The van der Waals surface area contributed by atoms with E-state index >= 15 is 0 Å². The second kappa shape index (κ2) is 3.73. The van der Waals surface area contributed by atoms with Crippen molar-refractivity contribution in [2.75, 3.05) is 0 Å². The number of phenols is 1. The Bertz CT molecular complexity index is 529. The van der Waals surface area contributed by atoms with E-state index in [1.807, 2.05) is 38.1 Å². The predicted octanol–water partition coefficient (Wildman–Crippen LogP) is 3.58. The Balaban J connectivity index is 2.91. The van der Waals surface area contributed by atoms with Crippen molar-refractivity contribution in [1.29, 1.82) is 0 Å². The minimum absolute atomic E-state index is 0.289. The average Bonchev–Trinajstić information content (AvgIpc) is 2.23. The number of aryl methyl sites for hydroxylation is 1. The lowest BCUT2D eigenvalue weighted by Crippen LogP contribution is -1.80. The summed E-state index contributed by atoms with van der Waals surface area (Å²) in [6.07, 6.45) is 1.74. The zero-order valence-corrected chi connectivity index (χ0v) is 8.86. The van der Waals surface area contributed by atoms with Crippen LogP contribution in [0.3, 0.4) is 0 Å². The first-order chi connectivity index (χ1) is 7.24. The summed E-state index contributed by atoms with van der Waals surface area (Å²) in [7, 11) is 0. The van der Waals surface area contributed by atoms with Gasteiger partial charge in [0.15, 0.2) is 0 Å². The fourth-order valence-corrected chi connectivity index (χ4v) is 1.74. The van der Waals surface area contributed by atoms with Gasteiger partial charge in [-0.25, -0.2) is 0 Å². The van der Waals surface area contributed by atoms with E-state index in [0.717, 1.165) is 22.0 Å². The molecule has 2 aromatic rings. The van der Waals surface area contributed by atoms with Crippen molar-refractivity contribution < 1.29 is 5.11 Å². The molecule has 2 aromatic carbocycles. The highest BCUT2D eigenvalue weighted by atomic mass is 16.3. The highest BCUT2D eigenvalue weighted by Gasteiger charge is 2.06. The van der Waals surface area contributed by atoms with Gasteiger partial charge in [0.25, 0.3) is 0 Å². The van der Waals surface area contributed by atoms with E-state index < -0.39 is 0 Å². The van der Waals surface area contributed by atoms with Crippen molar-refractivity contribution in [2.24, 2.45) is 4.99 Å². The van der Waals surface area contributed by atoms with Crippen molar-refractivity contribution in [3.05, 3.63) is 35.9 Å². The minimum atomic E-state index is 0.289. The van der Waals surface area contributed by atoms with Crippen molar-refractivity contribution in [1.82, 2.24) is 0 Å². The van der Waals surface area contributed by atoms with Gasteiger partial charge in [-0.2, -0.15) is 0 Å². The topological polar surface area (TPSA) is 32.6 Å². The zero-order valence-electron chi connectivity index (χ0n) is 8.86. The highest BCUT2D eigenvalue weighted by Crippen LogP contribution is 2.35. The molecule has 0 saturated carbocycles. The van der Waals surface area contributed by atoms with Crippen LogP contribution in [0.5, 0.6) is 5.75 Å². The van der Waals surface area contributed by atoms with Crippen LogP contribution >= 0.6 is 0 Å². The fourth-order valence-electron chi connectivity index (χ4n) is 1.74. The van der Waals surface area contributed by atoms with Gasteiger partial charge in [0, 0.05) is 11.6 Å². The Hall–Kier alpha value is -1.83. The molecule has 0 aliphatic heterocycles. The van der Waals surface area contributed by atoms with Gasteiger partial charge in [-0.1, -0.05) is 24.3 Å².